The van der Waals surface area contributed by atoms with Crippen molar-refractivity contribution in [2.75, 3.05) is 13.1 Å². The van der Waals surface area contributed by atoms with E-state index in [9.17, 15) is 0 Å². The van der Waals surface area contributed by atoms with Gasteiger partial charge in [-0.05, 0) is 72.3 Å². The molecule has 4 heteroatoms. The maximum Gasteiger partial charge on any atom is 0.108 e. The normalized spacial score (nSPS) is 22.2. The third kappa shape index (κ3) is 2.21. The van der Waals surface area contributed by atoms with E-state index in [1.807, 2.05) is 6.20 Å². The van der Waals surface area contributed by atoms with Crippen LogP contribution in [0.25, 0.3) is 10.9 Å². The summed E-state index contributed by atoms with van der Waals surface area (Å²) in [5.41, 5.74) is 2.66. The number of nitrogens with one attached hydrogen (secondary N) is 1. The molecular formula is C15H18BrN3. The van der Waals surface area contributed by atoms with Gasteiger partial charge >= 0.3 is 0 Å². The fraction of sp³-hybridized carbons (Fsp3) is 0.533. The van der Waals surface area contributed by atoms with E-state index < -0.39 is 0 Å². The molecule has 1 aliphatic heterocycles. The van der Waals surface area contributed by atoms with Crippen molar-refractivity contribution in [3.05, 3.63) is 28.6 Å². The first-order valence-electron chi connectivity index (χ1n) is 7.18. The van der Waals surface area contributed by atoms with Crippen molar-refractivity contribution < 1.29 is 0 Å². The van der Waals surface area contributed by atoms with Crippen LogP contribution in [-0.4, -0.2) is 34.0 Å². The van der Waals surface area contributed by atoms with Crippen molar-refractivity contribution in [3.8, 4) is 0 Å². The van der Waals surface area contributed by atoms with Crippen molar-refractivity contribution in [2.45, 2.75) is 37.6 Å². The van der Waals surface area contributed by atoms with Crippen molar-refractivity contribution in [1.82, 2.24) is 14.9 Å². The summed E-state index contributed by atoms with van der Waals surface area (Å²) in [6, 6.07) is 2.99. The molecule has 2 aromatic rings. The predicted molar refractivity (Wildman–Crippen MR) is 80.4 cm³/mol. The monoisotopic (exact) mass is 319 g/mol. The second kappa shape index (κ2) is 4.60. The van der Waals surface area contributed by atoms with Crippen molar-refractivity contribution in [1.29, 1.82) is 0 Å². The van der Waals surface area contributed by atoms with Gasteiger partial charge < -0.3 is 9.88 Å². The van der Waals surface area contributed by atoms with Gasteiger partial charge in [0.15, 0.2) is 0 Å². The Morgan fingerprint density at radius 2 is 2.00 bits per heavy atom. The number of aromatic nitrogens is 2. The zero-order chi connectivity index (χ0) is 12.8. The third-order valence-corrected chi connectivity index (χ3v) is 5.03. The summed E-state index contributed by atoms with van der Waals surface area (Å²) in [4.78, 5) is 10.4. The number of likely N-dealkylation sites (tertiary alicyclic amines) is 1. The molecule has 100 valence electrons. The van der Waals surface area contributed by atoms with Crippen molar-refractivity contribution in [2.24, 2.45) is 0 Å². The number of fused-ring (bicyclic) bond motifs is 1. The van der Waals surface area contributed by atoms with E-state index in [1.54, 1.807) is 0 Å². The van der Waals surface area contributed by atoms with Crippen molar-refractivity contribution >= 4 is 26.8 Å². The zero-order valence-electron chi connectivity index (χ0n) is 10.9. The molecule has 0 spiro atoms. The first-order valence-corrected chi connectivity index (χ1v) is 7.97. The summed E-state index contributed by atoms with van der Waals surface area (Å²) in [6.07, 6.45) is 9.62. The molecule has 4 rings (SSSR count). The topological polar surface area (TPSA) is 31.9 Å². The summed E-state index contributed by atoms with van der Waals surface area (Å²) >= 11 is 3.43. The highest BCUT2D eigenvalue weighted by Gasteiger charge is 2.32. The van der Waals surface area contributed by atoms with Gasteiger partial charge in [0.25, 0.3) is 0 Å². The minimum absolute atomic E-state index is 0.701. The van der Waals surface area contributed by atoms with Crippen LogP contribution in [0.15, 0.2) is 23.1 Å². The lowest BCUT2D eigenvalue weighted by Gasteiger charge is -2.31. The van der Waals surface area contributed by atoms with Gasteiger partial charge in [-0.15, -0.1) is 0 Å². The minimum Gasteiger partial charge on any atom is -0.361 e. The number of halogens is 1. The molecule has 0 amide bonds. The largest absolute Gasteiger partial charge is 0.361 e. The lowest BCUT2D eigenvalue weighted by atomic mass is 9.89. The maximum atomic E-state index is 4.37. The van der Waals surface area contributed by atoms with Gasteiger partial charge in [0, 0.05) is 29.3 Å². The molecule has 1 saturated carbocycles. The summed E-state index contributed by atoms with van der Waals surface area (Å²) in [6.45, 7) is 2.54. The molecule has 3 heterocycles. The average Bonchev–Trinajstić information content (AvgIpc) is 3.20. The van der Waals surface area contributed by atoms with E-state index in [0.717, 1.165) is 10.6 Å². The Bertz CT molecular complexity index is 594. The number of aromatic amines is 1. The molecule has 0 radical (unpaired) electrons. The fourth-order valence-corrected chi connectivity index (χ4v) is 3.70. The zero-order valence-corrected chi connectivity index (χ0v) is 12.5. The fourth-order valence-electron chi connectivity index (χ4n) is 3.37. The van der Waals surface area contributed by atoms with Gasteiger partial charge in [-0.3, -0.25) is 0 Å². The van der Waals surface area contributed by atoms with Crippen LogP contribution in [0.1, 0.15) is 37.2 Å². The highest BCUT2D eigenvalue weighted by atomic mass is 79.9. The molecular weight excluding hydrogens is 302 g/mol. The second-order valence-corrected chi connectivity index (χ2v) is 6.65. The third-order valence-electron chi connectivity index (χ3n) is 4.60. The van der Waals surface area contributed by atoms with Gasteiger partial charge in [-0.25, -0.2) is 4.98 Å². The number of nitrogens with zero attached hydrogens (tertiary/aromatic N) is 2. The summed E-state index contributed by atoms with van der Waals surface area (Å²) in [5.74, 6) is 0.701. The lowest BCUT2D eigenvalue weighted by molar-refractivity contribution is 0.204. The van der Waals surface area contributed by atoms with Gasteiger partial charge in [0.1, 0.15) is 4.60 Å². The van der Waals surface area contributed by atoms with Crippen LogP contribution in [0.2, 0.25) is 0 Å². The SMILES string of the molecule is Brc1cc2[nH]cc(C3CCN(C4CC4)CC3)c2cn1. The Balaban J connectivity index is 1.57. The number of hydrogen-bond acceptors (Lipinski definition) is 2. The van der Waals surface area contributed by atoms with Gasteiger partial charge in [0.2, 0.25) is 0 Å². The highest BCUT2D eigenvalue weighted by molar-refractivity contribution is 9.10. The number of rotatable bonds is 2. The summed E-state index contributed by atoms with van der Waals surface area (Å²) < 4.78 is 0.900. The quantitative estimate of drug-likeness (QED) is 0.856. The number of hydrogen-bond donors (Lipinski definition) is 1. The molecule has 0 unspecified atom stereocenters. The number of pyridine rings is 1. The molecule has 19 heavy (non-hydrogen) atoms. The molecule has 0 atom stereocenters. The Morgan fingerprint density at radius 1 is 1.21 bits per heavy atom. The van der Waals surface area contributed by atoms with Crippen LogP contribution in [-0.2, 0) is 0 Å². The Labute approximate surface area is 121 Å². The number of piperidine rings is 1. The Kier molecular flexibility index (Phi) is 2.88. The molecule has 1 aliphatic carbocycles. The van der Waals surface area contributed by atoms with E-state index in [4.69, 9.17) is 0 Å². The first kappa shape index (κ1) is 11.9. The first-order chi connectivity index (χ1) is 9.31. The molecule has 1 N–H and O–H groups in total. The van der Waals surface area contributed by atoms with E-state index >= 15 is 0 Å². The summed E-state index contributed by atoms with van der Waals surface area (Å²) in [7, 11) is 0. The van der Waals surface area contributed by atoms with Crippen LogP contribution < -0.4 is 0 Å². The average molecular weight is 320 g/mol. The molecule has 1 saturated heterocycles. The smallest absolute Gasteiger partial charge is 0.108 e. The Morgan fingerprint density at radius 3 is 2.74 bits per heavy atom. The lowest BCUT2D eigenvalue weighted by Crippen LogP contribution is -2.34. The molecule has 0 bridgehead atoms. The molecule has 2 fully saturated rings. The maximum absolute atomic E-state index is 4.37. The Hall–Kier alpha value is -0.870. The van der Waals surface area contributed by atoms with Gasteiger partial charge in [-0.2, -0.15) is 0 Å². The second-order valence-electron chi connectivity index (χ2n) is 5.84. The van der Waals surface area contributed by atoms with Gasteiger partial charge in [-0.1, -0.05) is 0 Å². The molecule has 2 aliphatic rings. The van der Waals surface area contributed by atoms with Crippen molar-refractivity contribution in [3.63, 3.8) is 0 Å². The molecule has 0 aromatic carbocycles. The summed E-state index contributed by atoms with van der Waals surface area (Å²) in [5, 5.41) is 1.30. The van der Waals surface area contributed by atoms with E-state index in [1.165, 1.54) is 55.2 Å². The number of H-pyrrole nitrogens is 1. The highest BCUT2D eigenvalue weighted by Crippen LogP contribution is 2.37. The van der Waals surface area contributed by atoms with Crippen LogP contribution in [0.5, 0.6) is 0 Å². The van der Waals surface area contributed by atoms with Crippen LogP contribution >= 0.6 is 15.9 Å². The van der Waals surface area contributed by atoms with Crippen LogP contribution in [0.4, 0.5) is 0 Å². The predicted octanol–water partition coefficient (Wildman–Crippen LogP) is 3.67. The van der Waals surface area contributed by atoms with E-state index in [0.29, 0.717) is 5.92 Å². The molecule has 2 aromatic heterocycles. The van der Waals surface area contributed by atoms with E-state index in [-0.39, 0.29) is 0 Å². The van der Waals surface area contributed by atoms with E-state index in [2.05, 4.69) is 43.1 Å². The van der Waals surface area contributed by atoms with Crippen LogP contribution in [0, 0.1) is 0 Å². The van der Waals surface area contributed by atoms with Gasteiger partial charge in [0.05, 0.1) is 0 Å². The molecule has 3 nitrogen and oxygen atoms in total. The van der Waals surface area contributed by atoms with Crippen LogP contribution in [0.3, 0.4) is 0 Å². The minimum atomic E-state index is 0.701. The standard InChI is InChI=1S/C15H18BrN3/c16-15-7-14-13(9-18-15)12(8-17-14)10-3-5-19(6-4-10)11-1-2-11/h7-11,17H,1-6H2.